The van der Waals surface area contributed by atoms with Gasteiger partial charge in [-0.1, -0.05) is 30.4 Å². The van der Waals surface area contributed by atoms with Gasteiger partial charge in [0.15, 0.2) is 5.71 Å². The monoisotopic (exact) mass is 1030 g/mol. The van der Waals surface area contributed by atoms with Crippen LogP contribution in [0.2, 0.25) is 0 Å². The predicted molar refractivity (Wildman–Crippen MR) is 253 cm³/mol. The Hall–Kier alpha value is -4.88. The number of nitrogens with zero attached hydrogens (tertiary/aromatic N) is 2. The second-order valence-electron chi connectivity index (χ2n) is 17.7. The summed E-state index contributed by atoms with van der Waals surface area (Å²) in [7, 11) is -17.1. The van der Waals surface area contributed by atoms with E-state index in [9.17, 15) is 61.8 Å². The van der Waals surface area contributed by atoms with Crippen molar-refractivity contribution in [2.75, 3.05) is 51.2 Å². The van der Waals surface area contributed by atoms with Crippen LogP contribution in [0.3, 0.4) is 0 Å². The fourth-order valence-corrected chi connectivity index (χ4v) is 12.3. The summed E-state index contributed by atoms with van der Waals surface area (Å²) in [5, 5.41) is 9.83. The number of methoxy groups -OCH3 is 2. The van der Waals surface area contributed by atoms with Gasteiger partial charge in [-0.3, -0.25) is 4.79 Å². The van der Waals surface area contributed by atoms with E-state index >= 15 is 0 Å². The molecule has 0 aromatic heterocycles. The van der Waals surface area contributed by atoms with E-state index in [4.69, 9.17) is 9.47 Å². The number of unbranched alkanes of at least 4 members (excludes halogenated alkanes) is 2. The second kappa shape index (κ2) is 20.5. The number of hydrogen-bond acceptors (Lipinski definition) is 16. The number of anilines is 1. The third-order valence-corrected chi connectivity index (χ3v) is 16.1. The van der Waals surface area contributed by atoms with E-state index in [-0.39, 0.29) is 55.1 Å². The van der Waals surface area contributed by atoms with Gasteiger partial charge >= 0.3 is 5.97 Å². The van der Waals surface area contributed by atoms with Gasteiger partial charge in [0.2, 0.25) is 5.69 Å². The van der Waals surface area contributed by atoms with E-state index in [1.807, 2.05) is 30.2 Å². The molecule has 4 aromatic rings. The van der Waals surface area contributed by atoms with Crippen LogP contribution in [0.1, 0.15) is 76.0 Å². The second-order valence-corrected chi connectivity index (χ2v) is 23.3. The van der Waals surface area contributed by atoms with E-state index in [0.29, 0.717) is 83.3 Å². The average molecular weight is 1030 g/mol. The number of rotatable bonds is 22. The van der Waals surface area contributed by atoms with Crippen molar-refractivity contribution in [2.45, 2.75) is 91.2 Å². The summed E-state index contributed by atoms with van der Waals surface area (Å²) in [6.45, 7) is 6.59. The molecule has 0 spiro atoms. The molecule has 0 fully saturated rings. The summed E-state index contributed by atoms with van der Waals surface area (Å²) in [6.07, 6.45) is 10.5. The molecule has 4 aromatic carbocycles. The normalized spacial score (nSPS) is 18.2. The van der Waals surface area contributed by atoms with Crippen molar-refractivity contribution in [3.8, 4) is 0 Å². The Bertz CT molecular complexity index is 3290. The number of benzene rings is 4. The largest absolute Gasteiger partial charge is 0.748 e. The standard InChI is InChI=1S/C47H56N2O16S4/c1-46(2)41(48(22-11-7-10-15-43(50)51)37-18-16-34-36(44(37)46)29-32(67(55,56)57)30-40(34)69(61,62)63)13-8-6-9-14-42-47(3,21-12-26-66(52,53)54)45-35-27-31(20-24-64-4)28-39(68(58,59)60)33(35)17-19-38(45)49(42)23-25-65-5/h6,8-9,13-14,16-19,27-30H,7,10-12,15,20-26H2,1-5H3,(H4-,50,51,52,53,54,55,56,57,58,59,60,61,62,63)/p-3. The lowest BCUT2D eigenvalue weighted by molar-refractivity contribution is -0.438. The van der Waals surface area contributed by atoms with Gasteiger partial charge in [0.05, 0.1) is 43.4 Å². The minimum Gasteiger partial charge on any atom is -0.748 e. The van der Waals surface area contributed by atoms with Gasteiger partial charge in [0.1, 0.15) is 36.9 Å². The van der Waals surface area contributed by atoms with Crippen molar-refractivity contribution < 1.29 is 75.8 Å². The molecular formula is C47H53N2O16S4-3. The third kappa shape index (κ3) is 11.5. The summed E-state index contributed by atoms with van der Waals surface area (Å²) in [5.74, 6) is -1.61. The quantitative estimate of drug-likeness (QED) is 0.0430. The first-order valence-corrected chi connectivity index (χ1v) is 27.7. The summed E-state index contributed by atoms with van der Waals surface area (Å²) < 4.78 is 161. The summed E-state index contributed by atoms with van der Waals surface area (Å²) >= 11 is 0. The summed E-state index contributed by atoms with van der Waals surface area (Å²) in [4.78, 5) is 11.0. The molecule has 0 amide bonds. The molecule has 0 saturated heterocycles. The minimum atomic E-state index is -5.26. The van der Waals surface area contributed by atoms with Crippen molar-refractivity contribution >= 4 is 85.1 Å². The van der Waals surface area contributed by atoms with Gasteiger partial charge in [-0.15, -0.1) is 0 Å². The Morgan fingerprint density at radius 1 is 0.725 bits per heavy atom. The maximum Gasteiger partial charge on any atom is 0.303 e. The Morgan fingerprint density at radius 3 is 1.97 bits per heavy atom. The van der Waals surface area contributed by atoms with Crippen molar-refractivity contribution in [2.24, 2.45) is 0 Å². The Morgan fingerprint density at radius 2 is 1.36 bits per heavy atom. The fraction of sp³-hybridized carbons (Fsp3) is 0.404. The SMILES string of the molecule is COCCc1cc(S(=O)(=O)[O-])c2ccc3c(c2c1)C(C)(CCCS(=O)(=O)[O-])C(=CC=CC=CC1=[N+](CCCCCC(=O)O)c2ccc4c(S(=O)(=O)[O-])cc(S(=O)(=O)[O-])cc4c2C1(C)C)N3CCOC. The smallest absolute Gasteiger partial charge is 0.303 e. The fourth-order valence-electron chi connectivity index (χ4n) is 9.74. The molecule has 374 valence electrons. The number of aliphatic carboxylic acids is 1. The maximum absolute atomic E-state index is 12.7. The van der Waals surface area contributed by atoms with Crippen LogP contribution in [-0.2, 0) is 72.0 Å². The highest BCUT2D eigenvalue weighted by atomic mass is 32.2. The molecule has 2 heterocycles. The molecule has 2 aliphatic heterocycles. The first kappa shape index (κ1) is 53.5. The number of carboxylic acid groups (broad SMARTS) is 1. The number of carbonyl (C=O) groups is 1. The van der Waals surface area contributed by atoms with E-state index in [0.717, 1.165) is 6.07 Å². The van der Waals surface area contributed by atoms with E-state index in [1.54, 1.807) is 54.6 Å². The molecule has 0 aliphatic carbocycles. The van der Waals surface area contributed by atoms with Crippen LogP contribution in [0.4, 0.5) is 11.4 Å². The molecule has 0 bridgehead atoms. The Labute approximate surface area is 402 Å². The number of allylic oxidation sites excluding steroid dienone is 6. The Kier molecular flexibility index (Phi) is 15.9. The third-order valence-electron chi connectivity index (χ3n) is 12.7. The van der Waals surface area contributed by atoms with Crippen LogP contribution in [0.15, 0.2) is 99.3 Å². The highest BCUT2D eigenvalue weighted by Gasteiger charge is 2.47. The maximum atomic E-state index is 12.7. The number of carboxylic acids is 1. The van der Waals surface area contributed by atoms with Gasteiger partial charge in [-0.25, -0.2) is 33.7 Å². The first-order valence-electron chi connectivity index (χ1n) is 21.9. The van der Waals surface area contributed by atoms with Crippen LogP contribution < -0.4 is 4.90 Å². The molecule has 1 atom stereocenters. The van der Waals surface area contributed by atoms with E-state index < -0.39 is 77.7 Å². The van der Waals surface area contributed by atoms with Crippen LogP contribution in [0.25, 0.3) is 21.5 Å². The molecule has 69 heavy (non-hydrogen) atoms. The van der Waals surface area contributed by atoms with Gasteiger partial charge in [0.25, 0.3) is 0 Å². The molecule has 0 saturated carbocycles. The minimum absolute atomic E-state index is 0.0398. The van der Waals surface area contributed by atoms with Gasteiger partial charge in [0, 0.05) is 79.3 Å². The first-order chi connectivity index (χ1) is 32.1. The van der Waals surface area contributed by atoms with E-state index in [2.05, 4.69) is 0 Å². The molecule has 1 unspecified atom stereocenters. The van der Waals surface area contributed by atoms with Gasteiger partial charge < -0.3 is 37.7 Å². The van der Waals surface area contributed by atoms with Crippen LogP contribution in [0.5, 0.6) is 0 Å². The lowest BCUT2D eigenvalue weighted by Gasteiger charge is -2.31. The molecule has 2 aliphatic rings. The summed E-state index contributed by atoms with van der Waals surface area (Å²) in [5.41, 5.74) is 1.99. The lowest BCUT2D eigenvalue weighted by atomic mass is 9.75. The zero-order valence-corrected chi connectivity index (χ0v) is 41.9. The van der Waals surface area contributed by atoms with Gasteiger partial charge in [-0.2, -0.15) is 4.58 Å². The van der Waals surface area contributed by atoms with E-state index in [1.165, 1.54) is 26.4 Å². The van der Waals surface area contributed by atoms with Crippen molar-refractivity contribution in [1.29, 1.82) is 0 Å². The zero-order valence-electron chi connectivity index (χ0n) is 38.6. The Balaban J connectivity index is 1.50. The zero-order chi connectivity index (χ0) is 50.9. The highest BCUT2D eigenvalue weighted by Crippen LogP contribution is 2.54. The van der Waals surface area contributed by atoms with Crippen molar-refractivity contribution in [1.82, 2.24) is 0 Å². The molecule has 22 heteroatoms. The lowest BCUT2D eigenvalue weighted by Crippen LogP contribution is -2.31. The molecule has 18 nitrogen and oxygen atoms in total. The van der Waals surface area contributed by atoms with Crippen molar-refractivity contribution in [3.05, 3.63) is 101 Å². The summed E-state index contributed by atoms with van der Waals surface area (Å²) in [6, 6.07) is 11.0. The number of ether oxygens (including phenoxy) is 2. The molecule has 0 radical (unpaired) electrons. The van der Waals surface area contributed by atoms with Crippen molar-refractivity contribution in [3.63, 3.8) is 0 Å². The number of hydrogen-bond donors (Lipinski definition) is 1. The van der Waals surface area contributed by atoms with Crippen LogP contribution >= 0.6 is 0 Å². The van der Waals surface area contributed by atoms with Crippen LogP contribution in [0, 0.1) is 0 Å². The molecule has 6 rings (SSSR count). The number of fused-ring (bicyclic) bond motifs is 6. The van der Waals surface area contributed by atoms with Gasteiger partial charge in [-0.05, 0) is 117 Å². The molecular weight excluding hydrogens is 977 g/mol. The molecule has 1 N–H and O–H groups in total. The average Bonchev–Trinajstić information content (AvgIpc) is 3.61. The highest BCUT2D eigenvalue weighted by molar-refractivity contribution is 7.87. The predicted octanol–water partition coefficient (Wildman–Crippen LogP) is 5.66. The van der Waals surface area contributed by atoms with Crippen LogP contribution in [-0.4, -0.2) is 120 Å². The topological polar surface area (TPSA) is 291 Å².